The topological polar surface area (TPSA) is 52.7 Å². The van der Waals surface area contributed by atoms with Crippen LogP contribution in [0.3, 0.4) is 0 Å². The van der Waals surface area contributed by atoms with Gasteiger partial charge in [0, 0.05) is 30.7 Å². The molecular weight excluding hydrogens is 302 g/mol. The van der Waals surface area contributed by atoms with Gasteiger partial charge in [0.15, 0.2) is 0 Å². The van der Waals surface area contributed by atoms with E-state index in [4.69, 9.17) is 11.6 Å². The molecule has 120 valence electrons. The van der Waals surface area contributed by atoms with Gasteiger partial charge in [-0.3, -0.25) is 4.79 Å². The molecule has 0 radical (unpaired) electrons. The maximum atomic E-state index is 12.3. The van der Waals surface area contributed by atoms with E-state index >= 15 is 0 Å². The number of amides is 3. The summed E-state index contributed by atoms with van der Waals surface area (Å²) >= 11 is 5.86. The zero-order valence-corrected chi connectivity index (χ0v) is 13.8. The van der Waals surface area contributed by atoms with Gasteiger partial charge in [0.25, 0.3) is 0 Å². The minimum absolute atomic E-state index is 0.0887. The highest BCUT2D eigenvalue weighted by Gasteiger charge is 2.29. The number of carbonyl (C=O) groups excluding carboxylic acids is 2. The summed E-state index contributed by atoms with van der Waals surface area (Å²) in [6, 6.07) is 7.50. The lowest BCUT2D eigenvalue weighted by Crippen LogP contribution is -2.42. The normalized spacial score (nSPS) is 16.0. The molecule has 1 aliphatic heterocycles. The van der Waals surface area contributed by atoms with E-state index < -0.39 is 0 Å². The van der Waals surface area contributed by atoms with Gasteiger partial charge in [-0.05, 0) is 31.0 Å². The average Bonchev–Trinajstić information content (AvgIpc) is 2.82. The quantitative estimate of drug-likeness (QED) is 0.874. The van der Waals surface area contributed by atoms with Gasteiger partial charge in [-0.2, -0.15) is 0 Å². The molecule has 1 aliphatic rings. The third-order valence-corrected chi connectivity index (χ3v) is 4.07. The molecule has 2 rings (SSSR count). The van der Waals surface area contributed by atoms with Crippen LogP contribution >= 0.6 is 11.6 Å². The molecular formula is C16H22ClN3O2. The number of hydrogen-bond acceptors (Lipinski definition) is 2. The van der Waals surface area contributed by atoms with Crippen molar-refractivity contribution in [1.29, 1.82) is 0 Å². The fraction of sp³-hybridized carbons (Fsp3) is 0.500. The molecule has 0 unspecified atom stereocenters. The Kier molecular flexibility index (Phi) is 5.66. The van der Waals surface area contributed by atoms with Crippen molar-refractivity contribution in [2.75, 3.05) is 19.6 Å². The molecule has 22 heavy (non-hydrogen) atoms. The van der Waals surface area contributed by atoms with Gasteiger partial charge in [0.1, 0.15) is 6.54 Å². The largest absolute Gasteiger partial charge is 0.352 e. The molecule has 1 atom stereocenters. The van der Waals surface area contributed by atoms with Crippen LogP contribution in [0.4, 0.5) is 4.79 Å². The molecule has 0 bridgehead atoms. The first kappa shape index (κ1) is 16.6. The lowest BCUT2D eigenvalue weighted by molar-refractivity contribution is -0.122. The van der Waals surface area contributed by atoms with Gasteiger partial charge in [-0.15, -0.1) is 0 Å². The van der Waals surface area contributed by atoms with Crippen molar-refractivity contribution in [2.45, 2.75) is 32.9 Å². The molecule has 5 nitrogen and oxygen atoms in total. The molecule has 0 saturated carbocycles. The number of hydrogen-bond donors (Lipinski definition) is 1. The van der Waals surface area contributed by atoms with Crippen LogP contribution in [0.1, 0.15) is 25.8 Å². The van der Waals surface area contributed by atoms with Crippen molar-refractivity contribution >= 4 is 23.5 Å². The van der Waals surface area contributed by atoms with E-state index in [1.807, 2.05) is 38.1 Å². The summed E-state index contributed by atoms with van der Waals surface area (Å²) in [5, 5.41) is 3.56. The maximum Gasteiger partial charge on any atom is 0.320 e. The number of nitrogens with zero attached hydrogens (tertiary/aromatic N) is 2. The number of benzene rings is 1. The van der Waals surface area contributed by atoms with Crippen LogP contribution in [0.15, 0.2) is 24.3 Å². The van der Waals surface area contributed by atoms with Crippen molar-refractivity contribution in [1.82, 2.24) is 15.1 Å². The summed E-state index contributed by atoms with van der Waals surface area (Å²) in [5.74, 6) is -0.101. The van der Waals surface area contributed by atoms with Crippen LogP contribution in [-0.4, -0.2) is 47.4 Å². The molecule has 3 amide bonds. The maximum absolute atomic E-state index is 12.3. The Morgan fingerprint density at radius 3 is 2.55 bits per heavy atom. The second-order valence-electron chi connectivity index (χ2n) is 5.63. The van der Waals surface area contributed by atoms with E-state index in [0.717, 1.165) is 12.0 Å². The highest BCUT2D eigenvalue weighted by Crippen LogP contribution is 2.15. The third kappa shape index (κ3) is 4.37. The second kappa shape index (κ2) is 7.49. The molecule has 6 heteroatoms. The minimum atomic E-state index is -0.101. The van der Waals surface area contributed by atoms with Crippen molar-refractivity contribution in [3.63, 3.8) is 0 Å². The highest BCUT2D eigenvalue weighted by molar-refractivity contribution is 6.30. The lowest BCUT2D eigenvalue weighted by Gasteiger charge is -2.19. The van der Waals surface area contributed by atoms with Crippen LogP contribution in [0, 0.1) is 0 Å². The number of rotatable bonds is 6. The Hall–Kier alpha value is -1.75. The fourth-order valence-electron chi connectivity index (χ4n) is 2.33. The summed E-state index contributed by atoms with van der Waals surface area (Å²) < 4.78 is 0. The van der Waals surface area contributed by atoms with E-state index in [1.165, 1.54) is 0 Å². The molecule has 0 spiro atoms. The molecule has 1 aromatic rings. The monoisotopic (exact) mass is 323 g/mol. The standard InChI is InChI=1S/C16H22ClN3O2/c1-3-12(2)18-15(21)11-20-9-8-19(16(20)22)10-13-4-6-14(17)7-5-13/h4-7,12H,3,8-11H2,1-2H3,(H,18,21)/t12-/m0/s1. The molecule has 1 aromatic carbocycles. The summed E-state index contributed by atoms with van der Waals surface area (Å²) in [5.41, 5.74) is 1.03. The van der Waals surface area contributed by atoms with Gasteiger partial charge in [-0.1, -0.05) is 30.7 Å². The van der Waals surface area contributed by atoms with Crippen LogP contribution in [0.2, 0.25) is 5.02 Å². The molecule has 0 aliphatic carbocycles. The van der Waals surface area contributed by atoms with E-state index in [2.05, 4.69) is 5.32 Å². The fourth-order valence-corrected chi connectivity index (χ4v) is 2.46. The predicted molar refractivity (Wildman–Crippen MR) is 86.7 cm³/mol. The van der Waals surface area contributed by atoms with E-state index in [9.17, 15) is 9.59 Å². The van der Waals surface area contributed by atoms with Crippen molar-refractivity contribution in [3.8, 4) is 0 Å². The number of carbonyl (C=O) groups is 2. The smallest absolute Gasteiger partial charge is 0.320 e. The van der Waals surface area contributed by atoms with Crippen molar-refractivity contribution < 1.29 is 9.59 Å². The van der Waals surface area contributed by atoms with Gasteiger partial charge in [0.05, 0.1) is 0 Å². The van der Waals surface area contributed by atoms with Crippen LogP contribution in [-0.2, 0) is 11.3 Å². The second-order valence-corrected chi connectivity index (χ2v) is 6.07. The van der Waals surface area contributed by atoms with Crippen LogP contribution in [0.5, 0.6) is 0 Å². The SMILES string of the molecule is CC[C@H](C)NC(=O)CN1CCN(Cc2ccc(Cl)cc2)C1=O. The minimum Gasteiger partial charge on any atom is -0.352 e. The first-order valence-corrected chi connectivity index (χ1v) is 7.95. The Morgan fingerprint density at radius 1 is 1.27 bits per heavy atom. The highest BCUT2D eigenvalue weighted by atomic mass is 35.5. The zero-order valence-electron chi connectivity index (χ0n) is 13.0. The molecule has 1 fully saturated rings. The summed E-state index contributed by atoms with van der Waals surface area (Å²) in [6.07, 6.45) is 0.877. The van der Waals surface area contributed by atoms with Crippen LogP contribution < -0.4 is 5.32 Å². The van der Waals surface area contributed by atoms with Gasteiger partial charge in [0.2, 0.25) is 5.91 Å². The van der Waals surface area contributed by atoms with Gasteiger partial charge in [-0.25, -0.2) is 4.79 Å². The molecule has 1 N–H and O–H groups in total. The first-order chi connectivity index (χ1) is 10.5. The zero-order chi connectivity index (χ0) is 16.1. The first-order valence-electron chi connectivity index (χ1n) is 7.57. The summed E-state index contributed by atoms with van der Waals surface area (Å²) in [7, 11) is 0. The Labute approximate surface area is 136 Å². The molecule has 1 heterocycles. The van der Waals surface area contributed by atoms with Gasteiger partial charge >= 0.3 is 6.03 Å². The number of halogens is 1. The third-order valence-electron chi connectivity index (χ3n) is 3.82. The molecule has 1 saturated heterocycles. The van der Waals surface area contributed by atoms with Gasteiger partial charge < -0.3 is 15.1 Å². The van der Waals surface area contributed by atoms with Crippen molar-refractivity contribution in [2.24, 2.45) is 0 Å². The van der Waals surface area contributed by atoms with Crippen LogP contribution in [0.25, 0.3) is 0 Å². The Bertz CT molecular complexity index is 533. The Morgan fingerprint density at radius 2 is 1.91 bits per heavy atom. The summed E-state index contributed by atoms with van der Waals surface area (Å²) in [6.45, 7) is 5.86. The van der Waals surface area contributed by atoms with E-state index in [0.29, 0.717) is 24.7 Å². The van der Waals surface area contributed by atoms with Crippen molar-refractivity contribution in [3.05, 3.63) is 34.9 Å². The average molecular weight is 324 g/mol. The lowest BCUT2D eigenvalue weighted by atomic mass is 10.2. The van der Waals surface area contributed by atoms with E-state index in [1.54, 1.807) is 9.80 Å². The van der Waals surface area contributed by atoms with E-state index in [-0.39, 0.29) is 24.5 Å². The summed E-state index contributed by atoms with van der Waals surface area (Å²) in [4.78, 5) is 27.5. The number of urea groups is 1. The Balaban J connectivity index is 1.87. The number of nitrogens with one attached hydrogen (secondary N) is 1. The molecule has 0 aromatic heterocycles. The predicted octanol–water partition coefficient (Wildman–Crippen LogP) is 2.49.